The average molecular weight is 406 g/mol. The summed E-state index contributed by atoms with van der Waals surface area (Å²) < 4.78 is 12.8. The van der Waals surface area contributed by atoms with Crippen LogP contribution in [0.4, 0.5) is 5.69 Å². The number of benzene rings is 2. The highest BCUT2D eigenvalue weighted by Gasteiger charge is 2.18. The molecule has 2 aromatic heterocycles. The van der Waals surface area contributed by atoms with Crippen LogP contribution in [-0.2, 0) is 13.0 Å². The summed E-state index contributed by atoms with van der Waals surface area (Å²) in [6, 6.07) is 13.9. The Kier molecular flexibility index (Phi) is 4.36. The first-order valence-electron chi connectivity index (χ1n) is 9.08. The molecule has 3 heterocycles. The van der Waals surface area contributed by atoms with Crippen molar-refractivity contribution < 1.29 is 9.47 Å². The number of nitrogens with zero attached hydrogens (tertiary/aromatic N) is 3. The van der Waals surface area contributed by atoms with Gasteiger partial charge in [0.15, 0.2) is 27.8 Å². The Morgan fingerprint density at radius 1 is 1.17 bits per heavy atom. The maximum absolute atomic E-state index is 8.13. The number of aromatic nitrogens is 4. The topological polar surface area (TPSA) is 115 Å². The van der Waals surface area contributed by atoms with Gasteiger partial charge in [0.2, 0.25) is 6.79 Å². The summed E-state index contributed by atoms with van der Waals surface area (Å²) in [5.41, 5.74) is 9.43. The Morgan fingerprint density at radius 3 is 2.79 bits per heavy atom. The zero-order valence-corrected chi connectivity index (χ0v) is 16.2. The Bertz CT molecular complexity index is 1250. The second-order valence-corrected chi connectivity index (χ2v) is 7.64. The highest BCUT2D eigenvalue weighted by atomic mass is 32.2. The number of ether oxygens (including phenoxy) is 2. The van der Waals surface area contributed by atoms with Crippen molar-refractivity contribution in [3.05, 3.63) is 59.8 Å². The van der Waals surface area contributed by atoms with Crippen molar-refractivity contribution >= 4 is 28.6 Å². The SMILES string of the molecule is N=c1ncn(CCc2ccccc2)c2nc(Sc3cc4c(cc3N)OCO4)[nH]c12. The van der Waals surface area contributed by atoms with Gasteiger partial charge in [0.1, 0.15) is 5.52 Å². The molecule has 0 saturated carbocycles. The Hall–Kier alpha value is -3.46. The molecule has 0 amide bonds. The van der Waals surface area contributed by atoms with Crippen LogP contribution in [0.15, 0.2) is 58.8 Å². The molecule has 0 radical (unpaired) electrons. The van der Waals surface area contributed by atoms with Crippen molar-refractivity contribution in [2.24, 2.45) is 0 Å². The fraction of sp³-hybridized carbons (Fsp3) is 0.150. The third kappa shape index (κ3) is 3.40. The molecule has 0 fully saturated rings. The van der Waals surface area contributed by atoms with E-state index in [2.05, 4.69) is 22.1 Å². The number of anilines is 1. The maximum atomic E-state index is 8.13. The molecule has 0 unspecified atom stereocenters. The summed E-state index contributed by atoms with van der Waals surface area (Å²) >= 11 is 1.39. The normalized spacial score (nSPS) is 12.6. The minimum absolute atomic E-state index is 0.161. The lowest BCUT2D eigenvalue weighted by atomic mass is 10.1. The number of imidazole rings is 1. The van der Waals surface area contributed by atoms with E-state index < -0.39 is 0 Å². The molecule has 0 aliphatic carbocycles. The number of nitrogen functional groups attached to an aromatic ring is 1. The lowest BCUT2D eigenvalue weighted by Crippen LogP contribution is -2.13. The summed E-state index contributed by atoms with van der Waals surface area (Å²) in [5, 5.41) is 8.77. The molecule has 1 aliphatic heterocycles. The van der Waals surface area contributed by atoms with Crippen molar-refractivity contribution in [1.82, 2.24) is 19.5 Å². The van der Waals surface area contributed by atoms with E-state index in [1.54, 1.807) is 12.4 Å². The molecule has 0 spiro atoms. The first kappa shape index (κ1) is 17.6. The predicted molar refractivity (Wildman–Crippen MR) is 109 cm³/mol. The molecule has 4 N–H and O–H groups in total. The summed E-state index contributed by atoms with van der Waals surface area (Å²) in [6.07, 6.45) is 2.52. The van der Waals surface area contributed by atoms with E-state index in [1.165, 1.54) is 17.3 Å². The molecular formula is C20H18N6O2S. The van der Waals surface area contributed by atoms with Gasteiger partial charge >= 0.3 is 0 Å². The highest BCUT2D eigenvalue weighted by Crippen LogP contribution is 2.41. The molecule has 8 nitrogen and oxygen atoms in total. The summed E-state index contributed by atoms with van der Waals surface area (Å²) in [5.74, 6) is 1.31. The first-order chi connectivity index (χ1) is 14.2. The summed E-state index contributed by atoms with van der Waals surface area (Å²) in [4.78, 5) is 12.9. The minimum atomic E-state index is 0.161. The van der Waals surface area contributed by atoms with Gasteiger partial charge in [0.05, 0.1) is 6.33 Å². The summed E-state index contributed by atoms with van der Waals surface area (Å²) in [6.45, 7) is 0.914. The second kappa shape index (κ2) is 7.17. The van der Waals surface area contributed by atoms with E-state index >= 15 is 0 Å². The maximum Gasteiger partial charge on any atom is 0.231 e. The standard InChI is InChI=1S/C20H18N6O2S/c21-13-8-14-15(28-11-27-14)9-16(13)29-20-24-17-18(22)23-10-26(19(17)25-20)7-6-12-4-2-1-3-5-12/h1-5,8-10,22H,6-7,11,21H2,(H,24,25). The van der Waals surface area contributed by atoms with Crippen molar-refractivity contribution in [2.75, 3.05) is 12.5 Å². The van der Waals surface area contributed by atoms with Crippen molar-refractivity contribution in [2.45, 2.75) is 23.0 Å². The van der Waals surface area contributed by atoms with Crippen LogP contribution in [0.3, 0.4) is 0 Å². The molecule has 4 aromatic rings. The van der Waals surface area contributed by atoms with Crippen molar-refractivity contribution in [3.8, 4) is 11.5 Å². The first-order valence-corrected chi connectivity index (χ1v) is 9.90. The fourth-order valence-electron chi connectivity index (χ4n) is 3.20. The third-order valence-corrected chi connectivity index (χ3v) is 5.65. The Labute approximate surface area is 170 Å². The molecule has 29 heavy (non-hydrogen) atoms. The van der Waals surface area contributed by atoms with Crippen molar-refractivity contribution in [3.63, 3.8) is 0 Å². The monoisotopic (exact) mass is 406 g/mol. The lowest BCUT2D eigenvalue weighted by Gasteiger charge is -2.06. The number of aryl methyl sites for hydroxylation is 2. The van der Waals surface area contributed by atoms with Crippen LogP contribution in [0.2, 0.25) is 0 Å². The van der Waals surface area contributed by atoms with Crippen LogP contribution in [-0.4, -0.2) is 26.3 Å². The number of nitrogens with one attached hydrogen (secondary N) is 2. The van der Waals surface area contributed by atoms with Gasteiger partial charge in [-0.05, 0) is 23.7 Å². The molecule has 146 valence electrons. The van der Waals surface area contributed by atoms with Gasteiger partial charge in [-0.3, -0.25) is 5.41 Å². The van der Waals surface area contributed by atoms with Gasteiger partial charge in [0.25, 0.3) is 0 Å². The van der Waals surface area contributed by atoms with E-state index in [9.17, 15) is 0 Å². The molecule has 9 heteroatoms. The van der Waals surface area contributed by atoms with E-state index in [4.69, 9.17) is 25.6 Å². The number of aromatic amines is 1. The fourth-order valence-corrected chi connectivity index (χ4v) is 4.04. The van der Waals surface area contributed by atoms with E-state index in [-0.39, 0.29) is 12.3 Å². The number of rotatable bonds is 5. The van der Waals surface area contributed by atoms with E-state index in [1.807, 2.05) is 28.8 Å². The molecule has 1 aliphatic rings. The minimum Gasteiger partial charge on any atom is -0.454 e. The number of hydrogen-bond donors (Lipinski definition) is 3. The van der Waals surface area contributed by atoms with Gasteiger partial charge in [-0.25, -0.2) is 9.97 Å². The van der Waals surface area contributed by atoms with Crippen molar-refractivity contribution in [1.29, 1.82) is 5.41 Å². The van der Waals surface area contributed by atoms with E-state index in [0.717, 1.165) is 17.9 Å². The van der Waals surface area contributed by atoms with Crippen LogP contribution in [0.1, 0.15) is 5.56 Å². The molecular weight excluding hydrogens is 388 g/mol. The largest absolute Gasteiger partial charge is 0.454 e. The summed E-state index contributed by atoms with van der Waals surface area (Å²) in [7, 11) is 0. The van der Waals surface area contributed by atoms with Crippen LogP contribution < -0.4 is 20.7 Å². The van der Waals surface area contributed by atoms with Crippen LogP contribution in [0.5, 0.6) is 11.5 Å². The number of H-pyrrole nitrogens is 1. The molecule has 0 atom stereocenters. The highest BCUT2D eigenvalue weighted by molar-refractivity contribution is 7.99. The van der Waals surface area contributed by atoms with Crippen LogP contribution >= 0.6 is 11.8 Å². The third-order valence-electron chi connectivity index (χ3n) is 4.69. The zero-order chi connectivity index (χ0) is 19.8. The number of fused-ring (bicyclic) bond motifs is 2. The van der Waals surface area contributed by atoms with Gasteiger partial charge in [0, 0.05) is 29.3 Å². The van der Waals surface area contributed by atoms with Gasteiger partial charge in [-0.1, -0.05) is 30.3 Å². The van der Waals surface area contributed by atoms with E-state index in [0.29, 0.717) is 33.5 Å². The smallest absolute Gasteiger partial charge is 0.231 e. The van der Waals surface area contributed by atoms with Crippen LogP contribution in [0, 0.1) is 5.41 Å². The Morgan fingerprint density at radius 2 is 1.97 bits per heavy atom. The van der Waals surface area contributed by atoms with Gasteiger partial charge < -0.3 is 24.8 Å². The predicted octanol–water partition coefficient (Wildman–Crippen LogP) is 2.94. The quantitative estimate of drug-likeness (QED) is 0.439. The lowest BCUT2D eigenvalue weighted by molar-refractivity contribution is 0.174. The van der Waals surface area contributed by atoms with Crippen LogP contribution in [0.25, 0.3) is 11.2 Å². The molecule has 2 aromatic carbocycles. The Balaban J connectivity index is 1.45. The number of nitrogens with two attached hydrogens (primary N) is 1. The average Bonchev–Trinajstić information content (AvgIpc) is 3.36. The zero-order valence-electron chi connectivity index (χ0n) is 15.4. The number of hydrogen-bond acceptors (Lipinski definition) is 7. The molecule has 0 bridgehead atoms. The van der Waals surface area contributed by atoms with Gasteiger partial charge in [-0.15, -0.1) is 0 Å². The molecule has 5 rings (SSSR count). The second-order valence-electron chi connectivity index (χ2n) is 6.61. The van der Waals surface area contributed by atoms with Gasteiger partial charge in [-0.2, -0.15) is 0 Å². The molecule has 0 saturated heterocycles.